The van der Waals surface area contributed by atoms with Gasteiger partial charge in [0.2, 0.25) is 5.91 Å². The van der Waals surface area contributed by atoms with Crippen molar-refractivity contribution in [3.05, 3.63) is 35.9 Å². The van der Waals surface area contributed by atoms with Crippen molar-refractivity contribution in [2.24, 2.45) is 5.92 Å². The van der Waals surface area contributed by atoms with Crippen molar-refractivity contribution in [2.45, 2.75) is 19.3 Å². The molecule has 3 rings (SSSR count). The number of methoxy groups -OCH3 is 1. The maximum Gasteiger partial charge on any atom is 0.230 e. The minimum atomic E-state index is 0.0213. The van der Waals surface area contributed by atoms with Crippen molar-refractivity contribution in [1.29, 1.82) is 0 Å². The van der Waals surface area contributed by atoms with E-state index in [0.717, 1.165) is 43.0 Å². The van der Waals surface area contributed by atoms with E-state index in [4.69, 9.17) is 4.74 Å². The first-order chi connectivity index (χ1) is 10.3. The Kier molecular flexibility index (Phi) is 4.54. The molecule has 0 bridgehead atoms. The normalized spacial score (nSPS) is 22.0. The zero-order valence-electron chi connectivity index (χ0n) is 12.4. The molecule has 1 saturated heterocycles. The van der Waals surface area contributed by atoms with Crippen LogP contribution < -0.4 is 4.74 Å². The SMILES string of the molecule is COc1ccccc1C1=CC(C(=O)N2CCCCC2)CS1. The molecule has 0 saturated carbocycles. The van der Waals surface area contributed by atoms with Crippen molar-refractivity contribution in [1.82, 2.24) is 4.90 Å². The van der Waals surface area contributed by atoms with Gasteiger partial charge >= 0.3 is 0 Å². The average molecular weight is 303 g/mol. The lowest BCUT2D eigenvalue weighted by molar-refractivity contribution is -0.134. The Morgan fingerprint density at radius 3 is 2.76 bits per heavy atom. The van der Waals surface area contributed by atoms with Crippen LogP contribution in [-0.2, 0) is 4.79 Å². The number of rotatable bonds is 3. The zero-order valence-corrected chi connectivity index (χ0v) is 13.2. The van der Waals surface area contributed by atoms with E-state index in [1.165, 1.54) is 11.3 Å². The van der Waals surface area contributed by atoms with Crippen LogP contribution >= 0.6 is 11.8 Å². The first-order valence-corrected chi connectivity index (χ1v) is 8.55. The number of para-hydroxylation sites is 1. The molecule has 1 amide bonds. The molecule has 0 N–H and O–H groups in total. The summed E-state index contributed by atoms with van der Waals surface area (Å²) in [5.41, 5.74) is 1.10. The topological polar surface area (TPSA) is 29.5 Å². The predicted octanol–water partition coefficient (Wildman–Crippen LogP) is 3.41. The minimum absolute atomic E-state index is 0.0213. The monoisotopic (exact) mass is 303 g/mol. The van der Waals surface area contributed by atoms with Crippen molar-refractivity contribution >= 4 is 22.6 Å². The van der Waals surface area contributed by atoms with Crippen LogP contribution in [-0.4, -0.2) is 36.8 Å². The van der Waals surface area contributed by atoms with Crippen molar-refractivity contribution < 1.29 is 9.53 Å². The van der Waals surface area contributed by atoms with Crippen LogP contribution in [0, 0.1) is 5.92 Å². The molecule has 0 aliphatic carbocycles. The number of ether oxygens (including phenoxy) is 1. The fourth-order valence-electron chi connectivity index (χ4n) is 2.97. The van der Waals surface area contributed by atoms with Gasteiger partial charge in [-0.1, -0.05) is 24.3 Å². The van der Waals surface area contributed by atoms with E-state index in [9.17, 15) is 4.79 Å². The van der Waals surface area contributed by atoms with Crippen LogP contribution in [0.5, 0.6) is 5.75 Å². The zero-order chi connectivity index (χ0) is 14.7. The van der Waals surface area contributed by atoms with Gasteiger partial charge in [0.15, 0.2) is 0 Å². The Labute approximate surface area is 130 Å². The Hall–Kier alpha value is -1.42. The summed E-state index contributed by atoms with van der Waals surface area (Å²) in [7, 11) is 1.69. The van der Waals surface area contributed by atoms with E-state index < -0.39 is 0 Å². The predicted molar refractivity (Wildman–Crippen MR) is 87.4 cm³/mol. The van der Waals surface area contributed by atoms with Gasteiger partial charge in [-0.25, -0.2) is 0 Å². The number of hydrogen-bond acceptors (Lipinski definition) is 3. The lowest BCUT2D eigenvalue weighted by Gasteiger charge is -2.28. The number of piperidine rings is 1. The molecule has 0 aromatic heterocycles. The summed E-state index contributed by atoms with van der Waals surface area (Å²) < 4.78 is 5.42. The number of thioether (sulfide) groups is 1. The van der Waals surface area contributed by atoms with E-state index in [1.807, 2.05) is 23.1 Å². The lowest BCUT2D eigenvalue weighted by atomic mass is 10.0. The van der Waals surface area contributed by atoms with Crippen molar-refractivity contribution in [2.75, 3.05) is 26.0 Å². The first-order valence-electron chi connectivity index (χ1n) is 7.56. The highest BCUT2D eigenvalue weighted by Gasteiger charge is 2.29. The molecule has 2 aliphatic rings. The van der Waals surface area contributed by atoms with Gasteiger partial charge < -0.3 is 9.64 Å². The molecule has 1 fully saturated rings. The third-order valence-corrected chi connectivity index (χ3v) is 5.32. The highest BCUT2D eigenvalue weighted by atomic mass is 32.2. The van der Waals surface area contributed by atoms with Gasteiger partial charge in [0.25, 0.3) is 0 Å². The number of hydrogen-bond donors (Lipinski definition) is 0. The standard InChI is InChI=1S/C17H21NO2S/c1-20-15-8-4-3-7-14(15)16-11-13(12-21-16)17(19)18-9-5-2-6-10-18/h3-4,7-8,11,13H,2,5-6,9-10,12H2,1H3. The molecular weight excluding hydrogens is 282 g/mol. The molecule has 0 radical (unpaired) electrons. The number of amides is 1. The molecule has 1 aromatic carbocycles. The molecule has 4 heteroatoms. The van der Waals surface area contributed by atoms with E-state index >= 15 is 0 Å². The van der Waals surface area contributed by atoms with Gasteiger partial charge in [-0.2, -0.15) is 0 Å². The molecule has 2 aliphatic heterocycles. The number of benzene rings is 1. The molecule has 1 aromatic rings. The summed E-state index contributed by atoms with van der Waals surface area (Å²) in [6, 6.07) is 8.01. The summed E-state index contributed by atoms with van der Waals surface area (Å²) in [5, 5.41) is 0. The summed E-state index contributed by atoms with van der Waals surface area (Å²) in [6.07, 6.45) is 5.67. The second kappa shape index (κ2) is 6.56. The Balaban J connectivity index is 1.76. The maximum atomic E-state index is 12.6. The van der Waals surface area contributed by atoms with Crippen LogP contribution in [0.2, 0.25) is 0 Å². The van der Waals surface area contributed by atoms with Crippen molar-refractivity contribution in [3.63, 3.8) is 0 Å². The van der Waals surface area contributed by atoms with Gasteiger partial charge in [-0.3, -0.25) is 4.79 Å². The highest BCUT2D eigenvalue weighted by Crippen LogP contribution is 2.41. The van der Waals surface area contributed by atoms with E-state index in [0.29, 0.717) is 5.91 Å². The summed E-state index contributed by atoms with van der Waals surface area (Å²) in [6.45, 7) is 1.86. The molecule has 0 spiro atoms. The van der Waals surface area contributed by atoms with Gasteiger partial charge in [-0.15, -0.1) is 11.8 Å². The number of carbonyl (C=O) groups is 1. The number of carbonyl (C=O) groups excluding carboxylic acids is 1. The lowest BCUT2D eigenvalue weighted by Crippen LogP contribution is -2.39. The number of likely N-dealkylation sites (tertiary alicyclic amines) is 1. The average Bonchev–Trinajstić information content (AvgIpc) is 3.04. The summed E-state index contributed by atoms with van der Waals surface area (Å²) in [4.78, 5) is 15.8. The maximum absolute atomic E-state index is 12.6. The third-order valence-electron chi connectivity index (χ3n) is 4.13. The quantitative estimate of drug-likeness (QED) is 0.857. The van der Waals surface area contributed by atoms with Crippen LogP contribution in [0.3, 0.4) is 0 Å². The molecule has 1 atom stereocenters. The molecule has 21 heavy (non-hydrogen) atoms. The number of nitrogens with zero attached hydrogens (tertiary/aromatic N) is 1. The van der Waals surface area contributed by atoms with Crippen LogP contribution in [0.4, 0.5) is 0 Å². The van der Waals surface area contributed by atoms with Crippen LogP contribution in [0.25, 0.3) is 4.91 Å². The Morgan fingerprint density at radius 1 is 1.24 bits per heavy atom. The smallest absolute Gasteiger partial charge is 0.230 e. The Morgan fingerprint density at radius 2 is 2.00 bits per heavy atom. The van der Waals surface area contributed by atoms with Gasteiger partial charge in [0, 0.05) is 29.3 Å². The molecule has 1 unspecified atom stereocenters. The summed E-state index contributed by atoms with van der Waals surface area (Å²) >= 11 is 1.76. The fourth-order valence-corrected chi connectivity index (χ4v) is 4.15. The third kappa shape index (κ3) is 3.10. The summed E-state index contributed by atoms with van der Waals surface area (Å²) in [5.74, 6) is 2.05. The molecule has 3 nitrogen and oxygen atoms in total. The first kappa shape index (κ1) is 14.5. The Bertz CT molecular complexity index is 549. The van der Waals surface area contributed by atoms with Gasteiger partial charge in [0.05, 0.1) is 13.0 Å². The van der Waals surface area contributed by atoms with E-state index in [2.05, 4.69) is 12.1 Å². The molecule has 2 heterocycles. The van der Waals surface area contributed by atoms with Crippen molar-refractivity contribution in [3.8, 4) is 5.75 Å². The van der Waals surface area contributed by atoms with Crippen LogP contribution in [0.15, 0.2) is 30.3 Å². The van der Waals surface area contributed by atoms with E-state index in [-0.39, 0.29) is 5.92 Å². The largest absolute Gasteiger partial charge is 0.496 e. The fraction of sp³-hybridized carbons (Fsp3) is 0.471. The van der Waals surface area contributed by atoms with Crippen LogP contribution in [0.1, 0.15) is 24.8 Å². The second-order valence-electron chi connectivity index (χ2n) is 5.53. The minimum Gasteiger partial charge on any atom is -0.496 e. The van der Waals surface area contributed by atoms with Gasteiger partial charge in [0.1, 0.15) is 5.75 Å². The molecular formula is C17H21NO2S. The second-order valence-corrected chi connectivity index (χ2v) is 6.60. The highest BCUT2D eigenvalue weighted by molar-refractivity contribution is 8.08. The van der Waals surface area contributed by atoms with Gasteiger partial charge in [-0.05, 0) is 25.3 Å². The molecule has 112 valence electrons. The van der Waals surface area contributed by atoms with E-state index in [1.54, 1.807) is 18.9 Å².